The van der Waals surface area contributed by atoms with Crippen LogP contribution in [0, 0.1) is 12.8 Å². The molecule has 2 amide bonds. The van der Waals surface area contributed by atoms with Crippen LogP contribution in [0.5, 0.6) is 0 Å². The predicted molar refractivity (Wildman–Crippen MR) is 162 cm³/mol. The number of carbonyl (C=O) groups is 2. The molecule has 2 aromatic heterocycles. The number of rotatable bonds is 14. The lowest BCUT2D eigenvalue weighted by atomic mass is 10.1. The summed E-state index contributed by atoms with van der Waals surface area (Å²) in [4.78, 5) is 38.7. The Labute approximate surface area is 250 Å². The number of aromatic amines is 1. The summed E-state index contributed by atoms with van der Waals surface area (Å²) in [6.45, 7) is 6.62. The molecule has 1 saturated heterocycles. The molecule has 0 spiro atoms. The number of hydroxylamine groups is 1. The molecule has 1 aliphatic heterocycles. The van der Waals surface area contributed by atoms with Crippen LogP contribution < -0.4 is 21.0 Å². The van der Waals surface area contributed by atoms with Gasteiger partial charge in [-0.1, -0.05) is 12.8 Å². The maximum Gasteiger partial charge on any atom is 0.243 e. The number of nitrogens with zero attached hydrogens (tertiary/aromatic N) is 5. The Hall–Kier alpha value is -3.68. The minimum absolute atomic E-state index is 0.0981. The largest absolute Gasteiger partial charge is 0.354 e. The molecule has 2 aliphatic rings. The zero-order valence-corrected chi connectivity index (χ0v) is 24.8. The second-order valence-electron chi connectivity index (χ2n) is 10.9. The highest BCUT2D eigenvalue weighted by Gasteiger charge is 2.29. The molecule has 3 heterocycles. The van der Waals surface area contributed by atoms with E-state index in [0.29, 0.717) is 17.4 Å². The van der Waals surface area contributed by atoms with Crippen LogP contribution >= 0.6 is 11.8 Å². The van der Waals surface area contributed by atoms with Gasteiger partial charge in [0.15, 0.2) is 5.16 Å². The summed E-state index contributed by atoms with van der Waals surface area (Å²) in [5, 5.41) is 22.7. The molecule has 1 aromatic carbocycles. The van der Waals surface area contributed by atoms with Crippen LogP contribution in [0.2, 0.25) is 0 Å². The Kier molecular flexibility index (Phi) is 10.3. The van der Waals surface area contributed by atoms with Gasteiger partial charge in [-0.05, 0) is 75.2 Å². The molecule has 5 rings (SSSR count). The fraction of sp³-hybridized carbons (Fsp3) is 0.483. The number of amides is 2. The maximum atomic E-state index is 12.1. The molecule has 3 aromatic rings. The van der Waals surface area contributed by atoms with E-state index >= 15 is 0 Å². The smallest absolute Gasteiger partial charge is 0.243 e. The molecular formula is C29H39N9O3S. The van der Waals surface area contributed by atoms with E-state index in [2.05, 4.69) is 30.6 Å². The van der Waals surface area contributed by atoms with Crippen LogP contribution in [0.15, 0.2) is 46.5 Å². The monoisotopic (exact) mass is 593 g/mol. The molecule has 0 unspecified atom stereocenters. The number of nitrogens with one attached hydrogen (secondary N) is 4. The zero-order chi connectivity index (χ0) is 29.3. The van der Waals surface area contributed by atoms with Gasteiger partial charge in [0.25, 0.3) is 0 Å². The van der Waals surface area contributed by atoms with E-state index in [0.717, 1.165) is 99.2 Å². The highest BCUT2D eigenvalue weighted by molar-refractivity contribution is 7.99. The Balaban J connectivity index is 1.18. The van der Waals surface area contributed by atoms with E-state index in [1.54, 1.807) is 5.48 Å². The van der Waals surface area contributed by atoms with Crippen molar-refractivity contribution in [2.75, 3.05) is 48.3 Å². The second kappa shape index (κ2) is 14.5. The van der Waals surface area contributed by atoms with Crippen molar-refractivity contribution in [2.24, 2.45) is 5.92 Å². The number of H-pyrrole nitrogens is 1. The van der Waals surface area contributed by atoms with Gasteiger partial charge in [0, 0.05) is 61.2 Å². The predicted octanol–water partition coefficient (Wildman–Crippen LogP) is 4.33. The first kappa shape index (κ1) is 29.8. The van der Waals surface area contributed by atoms with Gasteiger partial charge in [-0.3, -0.25) is 24.8 Å². The summed E-state index contributed by atoms with van der Waals surface area (Å²) >= 11 is 1.49. The van der Waals surface area contributed by atoms with Crippen LogP contribution in [0.1, 0.15) is 50.6 Å². The number of benzene rings is 1. The summed E-state index contributed by atoms with van der Waals surface area (Å²) in [5.41, 5.74) is 3.38. The number of aromatic nitrogens is 4. The van der Waals surface area contributed by atoms with Crippen LogP contribution in [0.4, 0.5) is 23.1 Å². The number of anilines is 4. The van der Waals surface area contributed by atoms with Crippen LogP contribution in [-0.2, 0) is 9.59 Å². The lowest BCUT2D eigenvalue weighted by Gasteiger charge is -2.35. The quantitative estimate of drug-likeness (QED) is 0.0791. The number of carbonyl (C=O) groups excluding carboxylic acids is 2. The fourth-order valence-electron chi connectivity index (χ4n) is 4.84. The zero-order valence-electron chi connectivity index (χ0n) is 23.9. The van der Waals surface area contributed by atoms with Crippen molar-refractivity contribution in [3.05, 3.63) is 42.1 Å². The van der Waals surface area contributed by atoms with Crippen molar-refractivity contribution in [3.8, 4) is 0 Å². The van der Waals surface area contributed by atoms with Crippen molar-refractivity contribution in [1.29, 1.82) is 0 Å². The number of hydrogen-bond donors (Lipinski definition) is 5. The van der Waals surface area contributed by atoms with Crippen LogP contribution in [0.3, 0.4) is 0 Å². The molecule has 0 atom stereocenters. The Bertz CT molecular complexity index is 1340. The molecular weight excluding hydrogens is 554 g/mol. The Morgan fingerprint density at radius 3 is 2.48 bits per heavy atom. The van der Waals surface area contributed by atoms with Gasteiger partial charge in [0.1, 0.15) is 17.5 Å². The van der Waals surface area contributed by atoms with E-state index in [4.69, 9.17) is 15.2 Å². The number of piperazine rings is 1. The molecule has 1 aliphatic carbocycles. The third-order valence-corrected chi connectivity index (χ3v) is 8.26. The van der Waals surface area contributed by atoms with Gasteiger partial charge in [-0.25, -0.2) is 15.4 Å². The van der Waals surface area contributed by atoms with Gasteiger partial charge in [0.2, 0.25) is 11.8 Å². The third kappa shape index (κ3) is 8.91. The summed E-state index contributed by atoms with van der Waals surface area (Å²) in [7, 11) is 0. The molecule has 13 heteroatoms. The van der Waals surface area contributed by atoms with Crippen LogP contribution in [0.25, 0.3) is 0 Å². The normalized spacial score (nSPS) is 15.4. The average Bonchev–Trinajstić information content (AvgIpc) is 3.77. The van der Waals surface area contributed by atoms with E-state index in [1.165, 1.54) is 11.8 Å². The van der Waals surface area contributed by atoms with Gasteiger partial charge in [0.05, 0.1) is 5.69 Å². The first-order valence-corrected chi connectivity index (χ1v) is 15.4. The van der Waals surface area contributed by atoms with Crippen molar-refractivity contribution < 1.29 is 14.8 Å². The Morgan fingerprint density at radius 1 is 1.02 bits per heavy atom. The molecule has 12 nitrogen and oxygen atoms in total. The molecule has 224 valence electrons. The fourth-order valence-corrected chi connectivity index (χ4v) is 5.61. The summed E-state index contributed by atoms with van der Waals surface area (Å²) in [6, 6.07) is 11.7. The molecule has 0 radical (unpaired) electrons. The lowest BCUT2D eigenvalue weighted by molar-refractivity contribution is -0.129. The molecule has 1 saturated carbocycles. The minimum atomic E-state index is -0.317. The number of unbranched alkanes of at least 4 members (excludes halogenated alkanes) is 3. The average molecular weight is 594 g/mol. The standard InChI is InChI=1S/C29H39N9O3S/c1-20-18-25(35-34-20)31-24-19-26(38-16-14-37(15-17-38)13-5-3-2-4-6-27(39)36-41)33-29(32-24)42-23-11-9-22(10-12-23)30-28(40)21-7-8-21/h9-12,18-19,21,41H,2-8,13-17H2,1H3,(H,30,40)(H,36,39)(H2,31,32,33,34,35). The first-order chi connectivity index (χ1) is 20.4. The Morgan fingerprint density at radius 2 is 1.79 bits per heavy atom. The SMILES string of the molecule is Cc1cc(Nc2cc(N3CCN(CCCCCCC(=O)NO)CC3)nc(Sc3ccc(NC(=O)C4CC4)cc3)n2)[nH]n1. The highest BCUT2D eigenvalue weighted by Crippen LogP contribution is 2.32. The van der Waals surface area contributed by atoms with E-state index in [1.807, 2.05) is 43.3 Å². The summed E-state index contributed by atoms with van der Waals surface area (Å²) in [6.07, 6.45) is 6.27. The highest BCUT2D eigenvalue weighted by atomic mass is 32.2. The van der Waals surface area contributed by atoms with E-state index in [9.17, 15) is 9.59 Å². The van der Waals surface area contributed by atoms with Gasteiger partial charge in [-0.15, -0.1) is 0 Å². The van der Waals surface area contributed by atoms with Gasteiger partial charge in [-0.2, -0.15) is 5.10 Å². The third-order valence-electron chi connectivity index (χ3n) is 7.39. The van der Waals surface area contributed by atoms with Gasteiger partial charge < -0.3 is 15.5 Å². The van der Waals surface area contributed by atoms with Crippen molar-refractivity contribution >= 4 is 46.7 Å². The molecule has 5 N–H and O–H groups in total. The summed E-state index contributed by atoms with van der Waals surface area (Å²) < 4.78 is 0. The van der Waals surface area contributed by atoms with Crippen molar-refractivity contribution in [1.82, 2.24) is 30.5 Å². The van der Waals surface area contributed by atoms with E-state index < -0.39 is 0 Å². The molecule has 0 bridgehead atoms. The summed E-state index contributed by atoms with van der Waals surface area (Å²) in [5.74, 6) is 2.28. The first-order valence-electron chi connectivity index (χ1n) is 14.6. The number of aryl methyl sites for hydroxylation is 1. The van der Waals surface area contributed by atoms with Crippen molar-refractivity contribution in [3.63, 3.8) is 0 Å². The van der Waals surface area contributed by atoms with Gasteiger partial charge >= 0.3 is 0 Å². The maximum absolute atomic E-state index is 12.1. The number of hydrogen-bond acceptors (Lipinski definition) is 10. The van der Waals surface area contributed by atoms with Crippen LogP contribution in [-0.4, -0.2) is 74.8 Å². The molecule has 42 heavy (non-hydrogen) atoms. The van der Waals surface area contributed by atoms with Crippen molar-refractivity contribution in [2.45, 2.75) is 61.9 Å². The minimum Gasteiger partial charge on any atom is -0.354 e. The topological polar surface area (TPSA) is 151 Å². The lowest BCUT2D eigenvalue weighted by Crippen LogP contribution is -2.47. The van der Waals surface area contributed by atoms with E-state index in [-0.39, 0.29) is 17.7 Å². The second-order valence-corrected chi connectivity index (χ2v) is 11.9. The molecule has 2 fully saturated rings.